The second-order valence-electron chi connectivity index (χ2n) is 4.90. The predicted molar refractivity (Wildman–Crippen MR) is 84.2 cm³/mol. The highest BCUT2D eigenvalue weighted by molar-refractivity contribution is 7.99. The van der Waals surface area contributed by atoms with E-state index in [0.29, 0.717) is 19.0 Å². The van der Waals surface area contributed by atoms with E-state index in [1.54, 1.807) is 11.8 Å². The Balaban J connectivity index is 1.67. The maximum absolute atomic E-state index is 10.3. The lowest BCUT2D eigenvalue weighted by Gasteiger charge is -2.14. The van der Waals surface area contributed by atoms with Crippen molar-refractivity contribution >= 4 is 11.8 Å². The zero-order valence-electron chi connectivity index (χ0n) is 11.7. The Kier molecular flexibility index (Phi) is 4.68. The minimum Gasteiger partial charge on any atom is -0.490 e. The average molecular weight is 302 g/mol. The lowest BCUT2D eigenvalue weighted by atomic mass is 10.1. The van der Waals surface area contributed by atoms with Crippen LogP contribution in [0.2, 0.25) is 0 Å². The molecule has 1 N–H and O–H groups in total. The molecule has 1 aliphatic heterocycles. The van der Waals surface area contributed by atoms with Crippen molar-refractivity contribution in [1.29, 1.82) is 0 Å². The molecule has 0 saturated heterocycles. The molecular formula is C17H18O3S. The van der Waals surface area contributed by atoms with Crippen molar-refractivity contribution < 1.29 is 14.6 Å². The molecule has 1 unspecified atom stereocenters. The number of aliphatic hydroxyl groups is 1. The molecule has 2 aromatic carbocycles. The quantitative estimate of drug-likeness (QED) is 0.875. The monoisotopic (exact) mass is 302 g/mol. The van der Waals surface area contributed by atoms with E-state index in [-0.39, 0.29) is 0 Å². The third kappa shape index (κ3) is 3.71. The molecule has 1 heterocycles. The lowest BCUT2D eigenvalue weighted by molar-refractivity contribution is 0.203. The summed E-state index contributed by atoms with van der Waals surface area (Å²) >= 11 is 1.64. The third-order valence-electron chi connectivity index (χ3n) is 3.31. The van der Waals surface area contributed by atoms with Crippen molar-refractivity contribution in [2.24, 2.45) is 0 Å². The number of aliphatic hydroxyl groups excluding tert-OH is 1. The second-order valence-corrected chi connectivity index (χ2v) is 5.99. The van der Waals surface area contributed by atoms with E-state index in [0.717, 1.165) is 28.4 Å². The van der Waals surface area contributed by atoms with Gasteiger partial charge in [-0.15, -0.1) is 11.8 Å². The van der Waals surface area contributed by atoms with Crippen LogP contribution in [0.5, 0.6) is 11.5 Å². The molecule has 4 heteroatoms. The van der Waals surface area contributed by atoms with Crippen LogP contribution in [-0.2, 0) is 0 Å². The van der Waals surface area contributed by atoms with Gasteiger partial charge in [-0.1, -0.05) is 24.3 Å². The van der Waals surface area contributed by atoms with Gasteiger partial charge in [0.1, 0.15) is 0 Å². The van der Waals surface area contributed by atoms with Crippen molar-refractivity contribution in [3.63, 3.8) is 0 Å². The van der Waals surface area contributed by atoms with Crippen LogP contribution in [0.4, 0.5) is 0 Å². The van der Waals surface area contributed by atoms with E-state index >= 15 is 0 Å². The van der Waals surface area contributed by atoms with Crippen LogP contribution >= 0.6 is 11.8 Å². The Labute approximate surface area is 128 Å². The Morgan fingerprint density at radius 1 is 1.00 bits per heavy atom. The van der Waals surface area contributed by atoms with E-state index in [4.69, 9.17) is 9.47 Å². The van der Waals surface area contributed by atoms with Crippen molar-refractivity contribution in [2.45, 2.75) is 17.4 Å². The average Bonchev–Trinajstić information content (AvgIpc) is 2.78. The molecule has 2 aromatic rings. The van der Waals surface area contributed by atoms with E-state index in [1.807, 2.05) is 48.5 Å². The molecule has 0 amide bonds. The van der Waals surface area contributed by atoms with Gasteiger partial charge in [0.2, 0.25) is 0 Å². The second kappa shape index (κ2) is 6.87. The number of hydrogen-bond acceptors (Lipinski definition) is 4. The van der Waals surface area contributed by atoms with E-state index in [9.17, 15) is 5.11 Å². The highest BCUT2D eigenvalue weighted by atomic mass is 32.2. The number of ether oxygens (including phenoxy) is 2. The third-order valence-corrected chi connectivity index (χ3v) is 4.40. The van der Waals surface area contributed by atoms with Gasteiger partial charge in [0.05, 0.1) is 19.3 Å². The molecule has 3 nitrogen and oxygen atoms in total. The molecule has 1 atom stereocenters. The van der Waals surface area contributed by atoms with Crippen LogP contribution in [0, 0.1) is 0 Å². The van der Waals surface area contributed by atoms with Crippen molar-refractivity contribution in [2.75, 3.05) is 19.0 Å². The molecule has 0 fully saturated rings. The standard InChI is InChI=1S/C17H18O3S/c18-15(12-21-14-5-2-1-3-6-14)13-7-8-16-17(11-13)20-10-4-9-19-16/h1-3,5-8,11,15,18H,4,9-10,12H2. The summed E-state index contributed by atoms with van der Waals surface area (Å²) in [7, 11) is 0. The SMILES string of the molecule is OC(CSc1ccccc1)c1ccc2c(c1)OCCCO2. The first-order valence-electron chi connectivity index (χ1n) is 7.08. The number of rotatable bonds is 4. The lowest BCUT2D eigenvalue weighted by Crippen LogP contribution is -2.02. The molecule has 0 saturated carbocycles. The Morgan fingerprint density at radius 2 is 1.76 bits per heavy atom. The summed E-state index contributed by atoms with van der Waals surface area (Å²) in [6, 6.07) is 15.8. The topological polar surface area (TPSA) is 38.7 Å². The molecule has 0 aromatic heterocycles. The summed E-state index contributed by atoms with van der Waals surface area (Å²) in [5.41, 5.74) is 0.864. The van der Waals surface area contributed by atoms with Gasteiger partial charge in [0.25, 0.3) is 0 Å². The van der Waals surface area contributed by atoms with Gasteiger partial charge >= 0.3 is 0 Å². The van der Waals surface area contributed by atoms with Crippen LogP contribution < -0.4 is 9.47 Å². The maximum atomic E-state index is 10.3. The summed E-state index contributed by atoms with van der Waals surface area (Å²) in [6.45, 7) is 1.34. The van der Waals surface area contributed by atoms with Crippen LogP contribution in [-0.4, -0.2) is 24.1 Å². The molecular weight excluding hydrogens is 284 g/mol. The fourth-order valence-electron chi connectivity index (χ4n) is 2.18. The smallest absolute Gasteiger partial charge is 0.161 e. The first-order chi connectivity index (χ1) is 10.3. The zero-order valence-corrected chi connectivity index (χ0v) is 12.5. The Bertz CT molecular complexity index is 586. The van der Waals surface area contributed by atoms with Crippen LogP contribution in [0.1, 0.15) is 18.1 Å². The fourth-order valence-corrected chi connectivity index (χ4v) is 3.07. The molecule has 1 aliphatic rings. The first-order valence-corrected chi connectivity index (χ1v) is 8.07. The fraction of sp³-hybridized carbons (Fsp3) is 0.294. The normalized spacial score (nSPS) is 15.3. The van der Waals surface area contributed by atoms with Crippen LogP contribution in [0.25, 0.3) is 0 Å². The molecule has 0 spiro atoms. The van der Waals surface area contributed by atoms with E-state index in [1.165, 1.54) is 0 Å². The van der Waals surface area contributed by atoms with Crippen molar-refractivity contribution in [3.8, 4) is 11.5 Å². The van der Waals surface area contributed by atoms with Gasteiger partial charge < -0.3 is 14.6 Å². The zero-order chi connectivity index (χ0) is 14.5. The van der Waals surface area contributed by atoms with Crippen LogP contribution in [0.15, 0.2) is 53.4 Å². The molecule has 0 radical (unpaired) electrons. The minimum absolute atomic E-state index is 0.521. The largest absolute Gasteiger partial charge is 0.490 e. The van der Waals surface area contributed by atoms with Crippen molar-refractivity contribution in [3.05, 3.63) is 54.1 Å². The van der Waals surface area contributed by atoms with Crippen molar-refractivity contribution in [1.82, 2.24) is 0 Å². The van der Waals surface area contributed by atoms with Crippen LogP contribution in [0.3, 0.4) is 0 Å². The maximum Gasteiger partial charge on any atom is 0.161 e. The molecule has 0 bridgehead atoms. The molecule has 0 aliphatic carbocycles. The Hall–Kier alpha value is -1.65. The molecule has 21 heavy (non-hydrogen) atoms. The predicted octanol–water partition coefficient (Wildman–Crippen LogP) is 3.67. The first kappa shape index (κ1) is 14.3. The minimum atomic E-state index is -0.521. The highest BCUT2D eigenvalue weighted by Crippen LogP contribution is 2.33. The summed E-state index contributed by atoms with van der Waals surface area (Å²) in [4.78, 5) is 1.16. The van der Waals surface area contributed by atoms with Gasteiger partial charge in [-0.25, -0.2) is 0 Å². The number of hydrogen-bond donors (Lipinski definition) is 1. The summed E-state index contributed by atoms with van der Waals surface area (Å²) in [6.07, 6.45) is 0.364. The summed E-state index contributed by atoms with van der Waals surface area (Å²) < 4.78 is 11.3. The van der Waals surface area contributed by atoms with Gasteiger partial charge in [-0.2, -0.15) is 0 Å². The Morgan fingerprint density at radius 3 is 2.57 bits per heavy atom. The highest BCUT2D eigenvalue weighted by Gasteiger charge is 2.14. The molecule has 110 valence electrons. The van der Waals surface area contributed by atoms with Gasteiger partial charge in [0, 0.05) is 17.1 Å². The summed E-state index contributed by atoms with van der Waals surface area (Å²) in [5.74, 6) is 2.11. The van der Waals surface area contributed by atoms with Gasteiger partial charge in [-0.3, -0.25) is 0 Å². The molecule has 3 rings (SSSR count). The number of fused-ring (bicyclic) bond motifs is 1. The van der Waals surface area contributed by atoms with Gasteiger partial charge in [-0.05, 0) is 29.8 Å². The van der Waals surface area contributed by atoms with Gasteiger partial charge in [0.15, 0.2) is 11.5 Å². The summed E-state index contributed by atoms with van der Waals surface area (Å²) in [5, 5.41) is 10.3. The van der Waals surface area contributed by atoms with E-state index in [2.05, 4.69) is 0 Å². The number of thioether (sulfide) groups is 1. The number of benzene rings is 2. The van der Waals surface area contributed by atoms with E-state index < -0.39 is 6.10 Å².